The molecule has 1 aliphatic heterocycles. The van der Waals surface area contributed by atoms with Crippen LogP contribution in [0.3, 0.4) is 0 Å². The first-order valence-electron chi connectivity index (χ1n) is 4.63. The second-order valence-corrected chi connectivity index (χ2v) is 3.37. The van der Waals surface area contributed by atoms with E-state index in [0.717, 1.165) is 13.0 Å². The molecule has 0 N–H and O–H groups in total. The SMILES string of the molecule is CCCOC1CCN(C)CC1. The van der Waals surface area contributed by atoms with Gasteiger partial charge in [0, 0.05) is 19.7 Å². The maximum atomic E-state index is 5.65. The summed E-state index contributed by atoms with van der Waals surface area (Å²) >= 11 is 0. The Labute approximate surface area is 69.5 Å². The van der Waals surface area contributed by atoms with Gasteiger partial charge in [0.25, 0.3) is 0 Å². The number of likely N-dealkylation sites (tertiary alicyclic amines) is 1. The van der Waals surface area contributed by atoms with Gasteiger partial charge in [-0.05, 0) is 26.3 Å². The first-order chi connectivity index (χ1) is 5.33. The van der Waals surface area contributed by atoms with Gasteiger partial charge in [0.15, 0.2) is 0 Å². The van der Waals surface area contributed by atoms with Crippen LogP contribution in [0.25, 0.3) is 0 Å². The lowest BCUT2D eigenvalue weighted by Gasteiger charge is -2.28. The number of ether oxygens (including phenoxy) is 1. The third-order valence-electron chi connectivity index (χ3n) is 2.22. The van der Waals surface area contributed by atoms with Gasteiger partial charge in [0.05, 0.1) is 6.10 Å². The minimum absolute atomic E-state index is 0.547. The van der Waals surface area contributed by atoms with Gasteiger partial charge in [0.1, 0.15) is 0 Å². The molecule has 66 valence electrons. The van der Waals surface area contributed by atoms with Crippen molar-refractivity contribution in [1.82, 2.24) is 4.90 Å². The molecule has 0 atom stereocenters. The molecule has 0 aliphatic carbocycles. The summed E-state index contributed by atoms with van der Waals surface area (Å²) in [5.74, 6) is 0. The van der Waals surface area contributed by atoms with Gasteiger partial charge in [-0.25, -0.2) is 0 Å². The number of hydrogen-bond acceptors (Lipinski definition) is 2. The molecule has 2 heteroatoms. The predicted octanol–water partition coefficient (Wildman–Crippen LogP) is 1.51. The highest BCUT2D eigenvalue weighted by Crippen LogP contribution is 2.11. The van der Waals surface area contributed by atoms with E-state index in [-0.39, 0.29) is 0 Å². The van der Waals surface area contributed by atoms with Gasteiger partial charge in [-0.15, -0.1) is 0 Å². The molecule has 1 fully saturated rings. The third kappa shape index (κ3) is 3.21. The van der Waals surface area contributed by atoms with Crippen molar-refractivity contribution in [2.45, 2.75) is 32.3 Å². The summed E-state index contributed by atoms with van der Waals surface area (Å²) in [6.07, 6.45) is 4.13. The maximum absolute atomic E-state index is 5.65. The van der Waals surface area contributed by atoms with Crippen LogP contribution >= 0.6 is 0 Å². The zero-order valence-corrected chi connectivity index (χ0v) is 7.68. The Morgan fingerprint density at radius 2 is 2.00 bits per heavy atom. The Balaban J connectivity index is 2.07. The van der Waals surface area contributed by atoms with E-state index in [2.05, 4.69) is 18.9 Å². The number of hydrogen-bond donors (Lipinski definition) is 0. The molecule has 0 spiro atoms. The van der Waals surface area contributed by atoms with Crippen LogP contribution in [0.15, 0.2) is 0 Å². The number of rotatable bonds is 3. The first kappa shape index (κ1) is 9.01. The van der Waals surface area contributed by atoms with E-state index >= 15 is 0 Å². The molecule has 11 heavy (non-hydrogen) atoms. The van der Waals surface area contributed by atoms with Crippen molar-refractivity contribution < 1.29 is 4.74 Å². The van der Waals surface area contributed by atoms with E-state index in [1.807, 2.05) is 0 Å². The van der Waals surface area contributed by atoms with Gasteiger partial charge >= 0.3 is 0 Å². The summed E-state index contributed by atoms with van der Waals surface area (Å²) in [5.41, 5.74) is 0. The van der Waals surface area contributed by atoms with Crippen molar-refractivity contribution in [3.63, 3.8) is 0 Å². The van der Waals surface area contributed by atoms with Crippen molar-refractivity contribution in [3.8, 4) is 0 Å². The molecule has 0 unspecified atom stereocenters. The van der Waals surface area contributed by atoms with Crippen LogP contribution in [0.5, 0.6) is 0 Å². The summed E-state index contributed by atoms with van der Waals surface area (Å²) in [4.78, 5) is 2.37. The third-order valence-corrected chi connectivity index (χ3v) is 2.22. The highest BCUT2D eigenvalue weighted by molar-refractivity contribution is 4.69. The van der Waals surface area contributed by atoms with Gasteiger partial charge in [-0.1, -0.05) is 6.92 Å². The topological polar surface area (TPSA) is 12.5 Å². The highest BCUT2D eigenvalue weighted by atomic mass is 16.5. The van der Waals surface area contributed by atoms with E-state index in [4.69, 9.17) is 4.74 Å². The zero-order chi connectivity index (χ0) is 8.10. The van der Waals surface area contributed by atoms with Crippen molar-refractivity contribution in [2.75, 3.05) is 26.7 Å². The quantitative estimate of drug-likeness (QED) is 0.615. The van der Waals surface area contributed by atoms with Crippen LogP contribution in [-0.4, -0.2) is 37.7 Å². The molecule has 2 nitrogen and oxygen atoms in total. The summed E-state index contributed by atoms with van der Waals surface area (Å²) < 4.78 is 5.65. The molecule has 0 aromatic heterocycles. The molecule has 0 aromatic rings. The van der Waals surface area contributed by atoms with Crippen molar-refractivity contribution in [3.05, 3.63) is 0 Å². The summed E-state index contributed by atoms with van der Waals surface area (Å²) in [7, 11) is 2.18. The second-order valence-electron chi connectivity index (χ2n) is 3.37. The van der Waals surface area contributed by atoms with E-state index < -0.39 is 0 Å². The van der Waals surface area contributed by atoms with Crippen molar-refractivity contribution in [2.24, 2.45) is 0 Å². The predicted molar refractivity (Wildman–Crippen MR) is 46.8 cm³/mol. The van der Waals surface area contributed by atoms with Gasteiger partial charge in [0.2, 0.25) is 0 Å². The van der Waals surface area contributed by atoms with Crippen LogP contribution in [0.1, 0.15) is 26.2 Å². The van der Waals surface area contributed by atoms with E-state index in [1.54, 1.807) is 0 Å². The average molecular weight is 157 g/mol. The number of piperidine rings is 1. The fourth-order valence-corrected chi connectivity index (χ4v) is 1.44. The molecule has 1 rings (SSSR count). The van der Waals surface area contributed by atoms with E-state index in [9.17, 15) is 0 Å². The van der Waals surface area contributed by atoms with Crippen LogP contribution in [-0.2, 0) is 4.74 Å². The van der Waals surface area contributed by atoms with Gasteiger partial charge < -0.3 is 9.64 Å². The highest BCUT2D eigenvalue weighted by Gasteiger charge is 2.15. The lowest BCUT2D eigenvalue weighted by atomic mass is 10.1. The summed E-state index contributed by atoms with van der Waals surface area (Å²) in [6, 6.07) is 0. The first-order valence-corrected chi connectivity index (χ1v) is 4.63. The maximum Gasteiger partial charge on any atom is 0.0599 e. The molecular formula is C9H19NO. The van der Waals surface area contributed by atoms with E-state index in [1.165, 1.54) is 25.9 Å². The zero-order valence-electron chi connectivity index (χ0n) is 7.68. The second kappa shape index (κ2) is 4.73. The van der Waals surface area contributed by atoms with Crippen LogP contribution in [0.4, 0.5) is 0 Å². The summed E-state index contributed by atoms with van der Waals surface area (Å²) in [5, 5.41) is 0. The molecule has 0 bridgehead atoms. The average Bonchev–Trinajstić information content (AvgIpc) is 2.04. The Morgan fingerprint density at radius 3 is 2.55 bits per heavy atom. The molecule has 0 radical (unpaired) electrons. The fraction of sp³-hybridized carbons (Fsp3) is 1.00. The standard InChI is InChI=1S/C9H19NO/c1-3-8-11-9-4-6-10(2)7-5-9/h9H,3-8H2,1-2H3. The summed E-state index contributed by atoms with van der Waals surface area (Å²) in [6.45, 7) is 5.51. The smallest absolute Gasteiger partial charge is 0.0599 e. The van der Waals surface area contributed by atoms with Gasteiger partial charge in [-0.2, -0.15) is 0 Å². The van der Waals surface area contributed by atoms with E-state index in [0.29, 0.717) is 6.10 Å². The Bertz CT molecular complexity index is 95.0. The lowest BCUT2D eigenvalue weighted by Crippen LogP contribution is -2.34. The minimum atomic E-state index is 0.547. The van der Waals surface area contributed by atoms with Crippen LogP contribution < -0.4 is 0 Å². The molecule has 1 saturated heterocycles. The lowest BCUT2D eigenvalue weighted by molar-refractivity contribution is 0.0129. The Kier molecular flexibility index (Phi) is 3.87. The largest absolute Gasteiger partial charge is 0.378 e. The minimum Gasteiger partial charge on any atom is -0.378 e. The molecule has 1 heterocycles. The molecular weight excluding hydrogens is 138 g/mol. The Morgan fingerprint density at radius 1 is 1.36 bits per heavy atom. The van der Waals surface area contributed by atoms with Crippen LogP contribution in [0, 0.1) is 0 Å². The van der Waals surface area contributed by atoms with Crippen molar-refractivity contribution >= 4 is 0 Å². The molecule has 0 aromatic carbocycles. The number of nitrogens with zero attached hydrogens (tertiary/aromatic N) is 1. The van der Waals surface area contributed by atoms with Crippen molar-refractivity contribution in [1.29, 1.82) is 0 Å². The monoisotopic (exact) mass is 157 g/mol. The van der Waals surface area contributed by atoms with Crippen LogP contribution in [0.2, 0.25) is 0 Å². The molecule has 1 aliphatic rings. The molecule has 0 saturated carbocycles. The Hall–Kier alpha value is -0.0800. The normalized spacial score (nSPS) is 22.4. The fourth-order valence-electron chi connectivity index (χ4n) is 1.44. The van der Waals surface area contributed by atoms with Gasteiger partial charge in [-0.3, -0.25) is 0 Å². The molecule has 0 amide bonds.